The van der Waals surface area contributed by atoms with Gasteiger partial charge in [0.25, 0.3) is 0 Å². The van der Waals surface area contributed by atoms with E-state index in [1.807, 2.05) is 0 Å². The van der Waals surface area contributed by atoms with Gasteiger partial charge in [0.1, 0.15) is 7.05 Å². The number of hydrogen-bond donors (Lipinski definition) is 2. The number of nitrogens with zero attached hydrogens (tertiary/aromatic N) is 2. The Balaban J connectivity index is 2.90. The van der Waals surface area contributed by atoms with Crippen molar-refractivity contribution in [3.05, 3.63) is 34.7 Å². The molecule has 0 aliphatic carbocycles. The molecule has 1 rings (SSSR count). The number of nitrogens with two attached hydrogens (primary N) is 2. The molecule has 84 valence electrons. The zero-order valence-corrected chi connectivity index (χ0v) is 7.99. The van der Waals surface area contributed by atoms with Crippen LogP contribution in [-0.2, 0) is 9.88 Å². The zero-order chi connectivity index (χ0) is 11.5. The molecule has 8 heteroatoms. The third kappa shape index (κ3) is 2.61. The second-order valence-corrected chi connectivity index (χ2v) is 2.83. The van der Waals surface area contributed by atoms with Crippen molar-refractivity contribution in [2.45, 2.75) is 0 Å². The highest BCUT2D eigenvalue weighted by Crippen LogP contribution is 2.23. The Bertz CT molecular complexity index is 315. The molecule has 1 unspecified atom stereocenters. The first-order valence-electron chi connectivity index (χ1n) is 3.92. The summed E-state index contributed by atoms with van der Waals surface area (Å²) in [5, 5.41) is 22.4. The zero-order valence-electron chi connectivity index (χ0n) is 7.99. The highest BCUT2D eigenvalue weighted by Gasteiger charge is 2.14. The van der Waals surface area contributed by atoms with Crippen LogP contribution in [0.2, 0.25) is 0 Å². The van der Waals surface area contributed by atoms with Crippen molar-refractivity contribution in [3.63, 3.8) is 0 Å². The SMILES string of the molecule is C[N+]([O-])(ON)c1ccc(N([O-])ON)cc1. The minimum Gasteiger partial charge on any atom is -0.732 e. The van der Waals surface area contributed by atoms with Crippen molar-refractivity contribution in [2.75, 3.05) is 12.3 Å². The topological polar surface area (TPSA) is 120 Å². The summed E-state index contributed by atoms with van der Waals surface area (Å²) in [5.74, 6) is 9.46. The van der Waals surface area contributed by atoms with Gasteiger partial charge in [0, 0.05) is 12.1 Å². The van der Waals surface area contributed by atoms with E-state index in [4.69, 9.17) is 5.90 Å². The maximum Gasteiger partial charge on any atom is 0.167 e. The fraction of sp³-hybridized carbons (Fsp3) is 0.143. The van der Waals surface area contributed by atoms with Crippen molar-refractivity contribution in [2.24, 2.45) is 11.8 Å². The van der Waals surface area contributed by atoms with E-state index in [-0.39, 0.29) is 16.6 Å². The summed E-state index contributed by atoms with van der Waals surface area (Å²) < 4.78 is 0. The van der Waals surface area contributed by atoms with Crippen LogP contribution in [0.1, 0.15) is 0 Å². The normalized spacial score (nSPS) is 14.7. The number of hydrogen-bond acceptors (Lipinski definition) is 7. The van der Waals surface area contributed by atoms with Crippen LogP contribution in [0.3, 0.4) is 0 Å². The molecule has 0 fully saturated rings. The van der Waals surface area contributed by atoms with Crippen molar-refractivity contribution in [1.82, 2.24) is 4.81 Å². The largest absolute Gasteiger partial charge is 0.732 e. The second-order valence-electron chi connectivity index (χ2n) is 2.83. The highest BCUT2D eigenvalue weighted by atomic mass is 17.0. The van der Waals surface area contributed by atoms with Gasteiger partial charge in [0.15, 0.2) is 5.69 Å². The van der Waals surface area contributed by atoms with Crippen LogP contribution in [0, 0.1) is 10.4 Å². The van der Waals surface area contributed by atoms with E-state index < -0.39 is 4.81 Å². The molecule has 1 aromatic carbocycles. The van der Waals surface area contributed by atoms with Crippen LogP contribution in [-0.4, -0.2) is 7.05 Å². The van der Waals surface area contributed by atoms with Crippen LogP contribution in [0.4, 0.5) is 11.4 Å². The van der Waals surface area contributed by atoms with Crippen molar-refractivity contribution < 1.29 is 9.88 Å². The lowest BCUT2D eigenvalue weighted by atomic mass is 10.3. The first-order valence-corrected chi connectivity index (χ1v) is 3.92. The smallest absolute Gasteiger partial charge is 0.167 e. The summed E-state index contributed by atoms with van der Waals surface area (Å²) in [6.07, 6.45) is 0. The summed E-state index contributed by atoms with van der Waals surface area (Å²) in [6.45, 7) is 0. The molecule has 0 saturated heterocycles. The predicted molar refractivity (Wildman–Crippen MR) is 53.9 cm³/mol. The van der Waals surface area contributed by atoms with E-state index in [2.05, 4.69) is 15.8 Å². The second kappa shape index (κ2) is 4.51. The van der Waals surface area contributed by atoms with Gasteiger partial charge < -0.3 is 10.4 Å². The Morgan fingerprint density at radius 1 is 1.27 bits per heavy atom. The molecule has 8 nitrogen and oxygen atoms in total. The average Bonchev–Trinajstić information content (AvgIpc) is 2.28. The van der Waals surface area contributed by atoms with E-state index in [1.165, 1.54) is 31.3 Å². The molecule has 0 radical (unpaired) electrons. The Morgan fingerprint density at radius 2 is 1.80 bits per heavy atom. The summed E-state index contributed by atoms with van der Waals surface area (Å²) in [6, 6.07) is 5.45. The molecule has 0 spiro atoms. The molecular formula is C7H11N4O4-. The van der Waals surface area contributed by atoms with Crippen molar-refractivity contribution in [3.8, 4) is 0 Å². The summed E-state index contributed by atoms with van der Waals surface area (Å²) in [7, 11) is 1.20. The minimum absolute atomic E-state index is 0.0994. The van der Waals surface area contributed by atoms with Gasteiger partial charge in [-0.05, 0) is 12.1 Å². The maximum atomic E-state index is 11.5. The quantitative estimate of drug-likeness (QED) is 0.537. The van der Waals surface area contributed by atoms with Gasteiger partial charge in [-0.2, -0.15) is 21.5 Å². The Labute approximate surface area is 85.7 Å². The molecule has 0 aromatic heterocycles. The van der Waals surface area contributed by atoms with Crippen LogP contribution in [0.5, 0.6) is 0 Å². The van der Waals surface area contributed by atoms with E-state index in [0.29, 0.717) is 0 Å². The molecule has 15 heavy (non-hydrogen) atoms. The van der Waals surface area contributed by atoms with Gasteiger partial charge in [-0.25, -0.2) is 0 Å². The van der Waals surface area contributed by atoms with Gasteiger partial charge in [0.05, 0.1) is 5.69 Å². The summed E-state index contributed by atoms with van der Waals surface area (Å²) in [4.78, 5) is 6.91. The first-order chi connectivity index (χ1) is 7.01. The molecular weight excluding hydrogens is 204 g/mol. The third-order valence-electron chi connectivity index (χ3n) is 1.83. The Hall–Kier alpha value is -1.26. The van der Waals surface area contributed by atoms with E-state index in [0.717, 1.165) is 0 Å². The maximum absolute atomic E-state index is 11.5. The molecule has 0 saturated carbocycles. The predicted octanol–water partition coefficient (Wildman–Crippen LogP) is 0.0363. The van der Waals surface area contributed by atoms with Crippen molar-refractivity contribution in [1.29, 1.82) is 0 Å². The van der Waals surface area contributed by atoms with Gasteiger partial charge >= 0.3 is 0 Å². The molecule has 1 atom stereocenters. The lowest BCUT2D eigenvalue weighted by molar-refractivity contribution is -0.0944. The lowest BCUT2D eigenvalue weighted by Gasteiger charge is -2.32. The lowest BCUT2D eigenvalue weighted by Crippen LogP contribution is -2.40. The molecule has 1 aromatic rings. The van der Waals surface area contributed by atoms with Gasteiger partial charge in [-0.1, -0.05) is 0 Å². The highest BCUT2D eigenvalue weighted by molar-refractivity contribution is 5.53. The average molecular weight is 215 g/mol. The fourth-order valence-electron chi connectivity index (χ4n) is 0.967. The molecule has 0 heterocycles. The molecule has 0 aliphatic rings. The molecule has 0 aliphatic heterocycles. The number of benzene rings is 1. The minimum atomic E-state index is -1.21. The first kappa shape index (κ1) is 11.8. The number of quaternary nitrogens is 1. The Kier molecular flexibility index (Phi) is 3.55. The van der Waals surface area contributed by atoms with E-state index >= 15 is 0 Å². The van der Waals surface area contributed by atoms with Crippen LogP contribution >= 0.6 is 0 Å². The van der Waals surface area contributed by atoms with Gasteiger partial charge in [-0.3, -0.25) is 5.23 Å². The van der Waals surface area contributed by atoms with Gasteiger partial charge in [-0.15, -0.1) is 4.94 Å². The molecule has 4 N–H and O–H groups in total. The fourth-order valence-corrected chi connectivity index (χ4v) is 0.967. The van der Waals surface area contributed by atoms with Gasteiger partial charge in [0.2, 0.25) is 0 Å². The molecule has 0 bridgehead atoms. The van der Waals surface area contributed by atoms with Crippen molar-refractivity contribution >= 4 is 11.4 Å². The van der Waals surface area contributed by atoms with Crippen LogP contribution in [0.15, 0.2) is 24.3 Å². The monoisotopic (exact) mass is 215 g/mol. The Morgan fingerprint density at radius 3 is 2.20 bits per heavy atom. The van der Waals surface area contributed by atoms with E-state index in [1.54, 1.807) is 0 Å². The summed E-state index contributed by atoms with van der Waals surface area (Å²) >= 11 is 0. The van der Waals surface area contributed by atoms with Crippen LogP contribution in [0.25, 0.3) is 0 Å². The number of anilines is 1. The molecule has 0 amide bonds. The number of hydroxylamine groups is 2. The van der Waals surface area contributed by atoms with E-state index in [9.17, 15) is 10.4 Å². The number of rotatable bonds is 4. The standard InChI is InChI=1S/C7H11N4O4/c1-11(13,15-9)7-4-2-6(3-5-7)10(12)14-8/h2-5H,8-9H2,1H3/q-1. The summed E-state index contributed by atoms with van der Waals surface area (Å²) in [5.41, 5.74) is 0.380. The third-order valence-corrected chi connectivity index (χ3v) is 1.83. The van der Waals surface area contributed by atoms with Crippen LogP contribution < -0.4 is 21.8 Å².